The Kier molecular flexibility index (Phi) is 9.96. The number of para-hydroxylation sites is 3. The highest BCUT2D eigenvalue weighted by molar-refractivity contribution is 7.26. The van der Waals surface area contributed by atoms with Crippen molar-refractivity contribution < 1.29 is 4.42 Å². The van der Waals surface area contributed by atoms with E-state index in [9.17, 15) is 0 Å². The second kappa shape index (κ2) is 17.9. The van der Waals surface area contributed by atoms with Gasteiger partial charge < -0.3 is 13.9 Å². The van der Waals surface area contributed by atoms with E-state index in [0.717, 1.165) is 100 Å². The molecule has 12 aromatic carbocycles. The molecular formula is C75H44BN5OS. The molecule has 0 aliphatic carbocycles. The number of hydrogen-bond acceptors (Lipinski definition) is 6. The molecule has 0 saturated carbocycles. The van der Waals surface area contributed by atoms with Crippen LogP contribution in [0.1, 0.15) is 0 Å². The lowest BCUT2D eigenvalue weighted by Gasteiger charge is -2.42. The van der Waals surface area contributed by atoms with E-state index < -0.39 is 0 Å². The molecule has 2 aliphatic rings. The van der Waals surface area contributed by atoms with Crippen molar-refractivity contribution in [3.63, 3.8) is 0 Å². The third-order valence-corrected chi connectivity index (χ3v) is 18.3. The lowest BCUT2D eigenvalue weighted by Crippen LogP contribution is -2.60. The van der Waals surface area contributed by atoms with Gasteiger partial charge in [0.05, 0.1) is 16.7 Å². The predicted molar refractivity (Wildman–Crippen MR) is 346 cm³/mol. The zero-order chi connectivity index (χ0) is 54.3. The summed E-state index contributed by atoms with van der Waals surface area (Å²) in [7, 11) is 0. The summed E-state index contributed by atoms with van der Waals surface area (Å²) < 4.78 is 12.3. The highest BCUT2D eigenvalue weighted by Gasteiger charge is 2.46. The van der Waals surface area contributed by atoms with Crippen LogP contribution in [0.2, 0.25) is 0 Å². The maximum absolute atomic E-state index is 7.30. The molecule has 6 heterocycles. The molecule has 0 fully saturated rings. The number of benzene rings is 12. The fourth-order valence-electron chi connectivity index (χ4n) is 13.6. The smallest absolute Gasteiger partial charge is 0.257 e. The molecule has 0 amide bonds. The molecule has 18 rings (SSSR count). The molecule has 4 aromatic heterocycles. The quantitative estimate of drug-likeness (QED) is 0.149. The van der Waals surface area contributed by atoms with E-state index in [2.05, 4.69) is 240 Å². The molecular weight excluding hydrogens is 1030 g/mol. The topological polar surface area (TPSA) is 60.0 Å². The zero-order valence-electron chi connectivity index (χ0n) is 44.5. The molecule has 0 unspecified atom stereocenters. The zero-order valence-corrected chi connectivity index (χ0v) is 45.3. The molecule has 6 nitrogen and oxygen atoms in total. The summed E-state index contributed by atoms with van der Waals surface area (Å²) in [6, 6.07) is 96.5. The van der Waals surface area contributed by atoms with Crippen LogP contribution in [0, 0.1) is 0 Å². The van der Waals surface area contributed by atoms with Crippen LogP contribution in [0.5, 0.6) is 0 Å². The molecule has 0 saturated heterocycles. The van der Waals surface area contributed by atoms with Crippen molar-refractivity contribution in [3.8, 4) is 73.2 Å². The summed E-state index contributed by atoms with van der Waals surface area (Å²) >= 11 is 1.87. The van der Waals surface area contributed by atoms with Gasteiger partial charge in [0, 0.05) is 86.6 Å². The lowest BCUT2D eigenvalue weighted by atomic mass is 9.33. The van der Waals surface area contributed by atoms with Crippen LogP contribution in [0.15, 0.2) is 271 Å². The molecule has 0 atom stereocenters. The number of furan rings is 1. The van der Waals surface area contributed by atoms with Crippen molar-refractivity contribution >= 4 is 115 Å². The van der Waals surface area contributed by atoms with Gasteiger partial charge in [0.15, 0.2) is 17.5 Å². The largest absolute Gasteiger partial charge is 0.457 e. The van der Waals surface area contributed by atoms with Crippen LogP contribution in [0.3, 0.4) is 0 Å². The van der Waals surface area contributed by atoms with E-state index in [1.165, 1.54) is 53.0 Å². The van der Waals surface area contributed by atoms with Crippen molar-refractivity contribution in [2.45, 2.75) is 0 Å². The third kappa shape index (κ3) is 6.94. The van der Waals surface area contributed by atoms with E-state index in [-0.39, 0.29) is 6.71 Å². The van der Waals surface area contributed by atoms with Crippen molar-refractivity contribution in [2.75, 3.05) is 4.90 Å². The Bertz CT molecular complexity index is 5220. The summed E-state index contributed by atoms with van der Waals surface area (Å²) in [6.45, 7) is -0.277. The standard InChI is InChI=1S/C75H44BN5OS/c1-6-21-45(22-7-1)50-37-38-66-56(39-50)57-43-62-60(44-67(57)83-66)76-68-63(80-61-35-18-16-31-54(61)58-42-59-55-32-17-19-36-65(55)82-72(59)69(76)71(58)80)40-51(75-78-73(48-27-12-4-13-28-48)77-74(79-75)49-29-14-5-15-30-49)41-64(68)81(62)70-52(46-23-8-2-9-24-46)33-20-34-53(70)47-25-10-3-11-26-47/h1-44H. The minimum Gasteiger partial charge on any atom is -0.457 e. The Labute approximate surface area is 481 Å². The van der Waals surface area contributed by atoms with Crippen LogP contribution in [-0.2, 0) is 0 Å². The van der Waals surface area contributed by atoms with Gasteiger partial charge in [-0.25, -0.2) is 15.0 Å². The van der Waals surface area contributed by atoms with E-state index in [1.54, 1.807) is 0 Å². The van der Waals surface area contributed by atoms with Crippen molar-refractivity contribution in [1.29, 1.82) is 0 Å². The van der Waals surface area contributed by atoms with E-state index in [0.29, 0.717) is 17.5 Å². The van der Waals surface area contributed by atoms with Crippen molar-refractivity contribution in [3.05, 3.63) is 267 Å². The lowest BCUT2D eigenvalue weighted by molar-refractivity contribution is 0.671. The van der Waals surface area contributed by atoms with Crippen LogP contribution < -0.4 is 21.3 Å². The number of rotatable bonds is 7. The Morgan fingerprint density at radius 1 is 0.349 bits per heavy atom. The Morgan fingerprint density at radius 2 is 0.904 bits per heavy atom. The molecule has 0 spiro atoms. The van der Waals surface area contributed by atoms with Gasteiger partial charge in [-0.3, -0.25) is 0 Å². The number of hydrogen-bond donors (Lipinski definition) is 0. The monoisotopic (exact) mass is 1070 g/mol. The highest BCUT2D eigenvalue weighted by Crippen LogP contribution is 2.52. The highest BCUT2D eigenvalue weighted by atomic mass is 32.1. The number of nitrogens with zero attached hydrogens (tertiary/aromatic N) is 5. The second-order valence-corrected chi connectivity index (χ2v) is 22.9. The number of fused-ring (bicyclic) bond motifs is 14. The van der Waals surface area contributed by atoms with E-state index in [1.807, 2.05) is 47.7 Å². The van der Waals surface area contributed by atoms with E-state index in [4.69, 9.17) is 19.4 Å². The van der Waals surface area contributed by atoms with Gasteiger partial charge in [-0.1, -0.05) is 212 Å². The SMILES string of the molecule is c1ccc(-c2ccc3sc4cc5c(cc4c3c2)N(c2c(-c3ccccc3)cccc2-c2ccccc2)c2cc(-c3nc(-c4ccccc4)nc(-c4ccccc4)n3)cc3c2B5c2c4oc5ccccc5c4cc4c5ccccc5n-3c24)cc1. The van der Waals surface area contributed by atoms with Crippen LogP contribution in [0.4, 0.5) is 17.1 Å². The number of anilines is 3. The first kappa shape index (κ1) is 46.1. The molecule has 384 valence electrons. The summed E-state index contributed by atoms with van der Waals surface area (Å²) in [4.78, 5) is 18.8. The first-order valence-corrected chi connectivity index (χ1v) is 29.0. The van der Waals surface area contributed by atoms with E-state index >= 15 is 0 Å². The Hall–Kier alpha value is -10.7. The third-order valence-electron chi connectivity index (χ3n) is 17.2. The minimum absolute atomic E-state index is 0.277. The van der Waals surface area contributed by atoms with Crippen LogP contribution in [0.25, 0.3) is 137 Å². The van der Waals surface area contributed by atoms with Crippen molar-refractivity contribution in [2.24, 2.45) is 0 Å². The molecule has 0 bridgehead atoms. The van der Waals surface area contributed by atoms with Gasteiger partial charge in [0.25, 0.3) is 6.71 Å². The average Bonchev–Trinajstić information content (AvgIpc) is 2.04. The maximum Gasteiger partial charge on any atom is 0.257 e. The summed E-state index contributed by atoms with van der Waals surface area (Å²) in [5.41, 5.74) is 21.4. The maximum atomic E-state index is 7.30. The Balaban J connectivity index is 1.04. The Morgan fingerprint density at radius 3 is 1.57 bits per heavy atom. The van der Waals surface area contributed by atoms with Gasteiger partial charge in [-0.05, 0) is 93.2 Å². The average molecular weight is 1070 g/mol. The van der Waals surface area contributed by atoms with Gasteiger partial charge in [-0.2, -0.15) is 0 Å². The molecule has 8 heteroatoms. The molecule has 0 N–H and O–H groups in total. The van der Waals surface area contributed by atoms with Crippen LogP contribution >= 0.6 is 11.3 Å². The van der Waals surface area contributed by atoms with Gasteiger partial charge in [-0.15, -0.1) is 11.3 Å². The number of thiophene rings is 1. The minimum atomic E-state index is -0.277. The summed E-state index contributed by atoms with van der Waals surface area (Å²) in [6.07, 6.45) is 0. The first-order valence-electron chi connectivity index (χ1n) is 28.2. The summed E-state index contributed by atoms with van der Waals surface area (Å²) in [5, 5.41) is 7.02. The fourth-order valence-corrected chi connectivity index (χ4v) is 14.7. The second-order valence-electron chi connectivity index (χ2n) is 21.8. The van der Waals surface area contributed by atoms with Gasteiger partial charge in [0.2, 0.25) is 0 Å². The predicted octanol–water partition coefficient (Wildman–Crippen LogP) is 17.9. The molecule has 83 heavy (non-hydrogen) atoms. The molecule has 0 radical (unpaired) electrons. The van der Waals surface area contributed by atoms with Crippen molar-refractivity contribution in [1.82, 2.24) is 19.5 Å². The van der Waals surface area contributed by atoms with Gasteiger partial charge >= 0.3 is 0 Å². The molecule has 2 aliphatic heterocycles. The fraction of sp³-hybridized carbons (Fsp3) is 0. The number of aromatic nitrogens is 4. The summed E-state index contributed by atoms with van der Waals surface area (Å²) in [5.74, 6) is 1.79. The van der Waals surface area contributed by atoms with Gasteiger partial charge in [0.1, 0.15) is 11.2 Å². The normalized spacial score (nSPS) is 12.5. The first-order chi connectivity index (χ1) is 41.2. The van der Waals surface area contributed by atoms with Crippen LogP contribution in [-0.4, -0.2) is 26.2 Å². The molecule has 16 aromatic rings.